The lowest BCUT2D eigenvalue weighted by Gasteiger charge is -2.31. The summed E-state index contributed by atoms with van der Waals surface area (Å²) in [7, 11) is 0. The van der Waals surface area contributed by atoms with E-state index in [9.17, 15) is 0 Å². The van der Waals surface area contributed by atoms with Crippen LogP contribution in [0, 0.1) is 0 Å². The highest BCUT2D eigenvalue weighted by Gasteiger charge is 2.32. The van der Waals surface area contributed by atoms with E-state index in [-0.39, 0.29) is 0 Å². The molecule has 2 nitrogen and oxygen atoms in total. The van der Waals surface area contributed by atoms with Gasteiger partial charge in [-0.15, -0.1) is 0 Å². The number of nitrogens with zero attached hydrogens (tertiary/aromatic N) is 1. The molecule has 0 saturated heterocycles. The van der Waals surface area contributed by atoms with Crippen molar-refractivity contribution >= 4 is 11.8 Å². The van der Waals surface area contributed by atoms with Crippen molar-refractivity contribution in [1.82, 2.24) is 4.90 Å². The minimum absolute atomic E-state index is 0.636. The zero-order chi connectivity index (χ0) is 11.1. The SMILES string of the molecule is CCCCN(C(CN)CCSC)C1CC1. The molecule has 3 heteroatoms. The maximum absolute atomic E-state index is 5.90. The van der Waals surface area contributed by atoms with Gasteiger partial charge in [0, 0.05) is 18.6 Å². The van der Waals surface area contributed by atoms with Crippen molar-refractivity contribution in [2.24, 2.45) is 5.73 Å². The fraction of sp³-hybridized carbons (Fsp3) is 1.00. The summed E-state index contributed by atoms with van der Waals surface area (Å²) in [6.07, 6.45) is 8.87. The molecular formula is C12H26N2S. The second-order valence-corrected chi connectivity index (χ2v) is 5.48. The van der Waals surface area contributed by atoms with Gasteiger partial charge < -0.3 is 5.73 Å². The predicted octanol–water partition coefficient (Wildman–Crippen LogP) is 2.33. The summed E-state index contributed by atoms with van der Waals surface area (Å²) in [6.45, 7) is 4.36. The van der Waals surface area contributed by atoms with E-state index in [2.05, 4.69) is 18.1 Å². The van der Waals surface area contributed by atoms with Crippen molar-refractivity contribution in [3.05, 3.63) is 0 Å². The van der Waals surface area contributed by atoms with Gasteiger partial charge in [0.2, 0.25) is 0 Å². The molecule has 1 aliphatic rings. The lowest BCUT2D eigenvalue weighted by Crippen LogP contribution is -2.43. The van der Waals surface area contributed by atoms with Crippen LogP contribution in [0.1, 0.15) is 39.0 Å². The quantitative estimate of drug-likeness (QED) is 0.659. The molecule has 15 heavy (non-hydrogen) atoms. The second kappa shape index (κ2) is 7.53. The van der Waals surface area contributed by atoms with Crippen LogP contribution in [-0.4, -0.2) is 42.1 Å². The van der Waals surface area contributed by atoms with Crippen LogP contribution in [0.15, 0.2) is 0 Å². The van der Waals surface area contributed by atoms with Crippen LogP contribution in [0.4, 0.5) is 0 Å². The first-order chi connectivity index (χ1) is 7.33. The first-order valence-corrected chi connectivity index (χ1v) is 7.67. The standard InChI is InChI=1S/C12H26N2S/c1-3-4-8-14(11-5-6-11)12(10-13)7-9-15-2/h11-12H,3-10,13H2,1-2H3. The molecule has 0 amide bonds. The fourth-order valence-corrected chi connectivity index (χ4v) is 2.59. The van der Waals surface area contributed by atoms with Crippen molar-refractivity contribution in [3.63, 3.8) is 0 Å². The molecule has 1 saturated carbocycles. The average Bonchev–Trinajstić information content (AvgIpc) is 3.07. The van der Waals surface area contributed by atoms with Gasteiger partial charge in [-0.1, -0.05) is 13.3 Å². The Morgan fingerprint density at radius 3 is 2.67 bits per heavy atom. The van der Waals surface area contributed by atoms with Gasteiger partial charge >= 0.3 is 0 Å². The predicted molar refractivity (Wildman–Crippen MR) is 70.5 cm³/mol. The van der Waals surface area contributed by atoms with Crippen molar-refractivity contribution in [2.75, 3.05) is 25.1 Å². The third-order valence-electron chi connectivity index (χ3n) is 3.18. The zero-order valence-corrected chi connectivity index (χ0v) is 11.1. The van der Waals surface area contributed by atoms with E-state index in [1.54, 1.807) is 0 Å². The molecule has 1 aliphatic carbocycles. The monoisotopic (exact) mass is 230 g/mol. The van der Waals surface area contributed by atoms with E-state index in [0.29, 0.717) is 6.04 Å². The number of hydrogen-bond donors (Lipinski definition) is 1. The van der Waals surface area contributed by atoms with Gasteiger partial charge in [0.15, 0.2) is 0 Å². The molecule has 0 aliphatic heterocycles. The minimum atomic E-state index is 0.636. The summed E-state index contributed by atoms with van der Waals surface area (Å²) in [5.74, 6) is 1.25. The van der Waals surface area contributed by atoms with Crippen molar-refractivity contribution in [3.8, 4) is 0 Å². The Labute approximate surface area is 99.0 Å². The van der Waals surface area contributed by atoms with E-state index in [1.165, 1.54) is 44.4 Å². The topological polar surface area (TPSA) is 29.3 Å². The van der Waals surface area contributed by atoms with Crippen LogP contribution in [0.5, 0.6) is 0 Å². The normalized spacial score (nSPS) is 18.4. The van der Waals surface area contributed by atoms with Crippen LogP contribution >= 0.6 is 11.8 Å². The molecule has 0 spiro atoms. The minimum Gasteiger partial charge on any atom is -0.329 e. The van der Waals surface area contributed by atoms with Gasteiger partial charge in [-0.2, -0.15) is 11.8 Å². The summed E-state index contributed by atoms with van der Waals surface area (Å²) < 4.78 is 0. The van der Waals surface area contributed by atoms with Crippen molar-refractivity contribution in [2.45, 2.75) is 51.1 Å². The van der Waals surface area contributed by atoms with Crippen molar-refractivity contribution < 1.29 is 0 Å². The molecule has 2 N–H and O–H groups in total. The Hall–Kier alpha value is 0.270. The van der Waals surface area contributed by atoms with Crippen LogP contribution in [0.2, 0.25) is 0 Å². The van der Waals surface area contributed by atoms with Crippen LogP contribution < -0.4 is 5.73 Å². The summed E-state index contributed by atoms with van der Waals surface area (Å²) in [4.78, 5) is 2.68. The molecule has 90 valence electrons. The van der Waals surface area contributed by atoms with Gasteiger partial charge in [0.25, 0.3) is 0 Å². The first kappa shape index (κ1) is 13.3. The third kappa shape index (κ3) is 4.75. The molecule has 0 heterocycles. The van der Waals surface area contributed by atoms with Gasteiger partial charge in [-0.25, -0.2) is 0 Å². The highest BCUT2D eigenvalue weighted by molar-refractivity contribution is 7.98. The number of nitrogens with two attached hydrogens (primary N) is 1. The van der Waals surface area contributed by atoms with Crippen molar-refractivity contribution in [1.29, 1.82) is 0 Å². The smallest absolute Gasteiger partial charge is 0.0229 e. The highest BCUT2D eigenvalue weighted by atomic mass is 32.2. The third-order valence-corrected chi connectivity index (χ3v) is 3.83. The van der Waals surface area contributed by atoms with E-state index in [4.69, 9.17) is 5.73 Å². The maximum atomic E-state index is 5.90. The van der Waals surface area contributed by atoms with E-state index in [0.717, 1.165) is 12.6 Å². The average molecular weight is 230 g/mol. The lowest BCUT2D eigenvalue weighted by atomic mass is 10.1. The Bertz CT molecular complexity index is 160. The van der Waals surface area contributed by atoms with Crippen LogP contribution in [0.3, 0.4) is 0 Å². The molecular weight excluding hydrogens is 204 g/mol. The summed E-state index contributed by atoms with van der Waals surface area (Å²) in [5, 5.41) is 0. The number of thioether (sulfide) groups is 1. The maximum Gasteiger partial charge on any atom is 0.0229 e. The lowest BCUT2D eigenvalue weighted by molar-refractivity contribution is 0.183. The van der Waals surface area contributed by atoms with E-state index >= 15 is 0 Å². The summed E-state index contributed by atoms with van der Waals surface area (Å²) >= 11 is 1.94. The number of unbranched alkanes of at least 4 members (excludes halogenated alkanes) is 1. The molecule has 1 rings (SSSR count). The summed E-state index contributed by atoms with van der Waals surface area (Å²) in [5.41, 5.74) is 5.90. The largest absolute Gasteiger partial charge is 0.329 e. The number of rotatable bonds is 9. The van der Waals surface area contributed by atoms with Crippen LogP contribution in [-0.2, 0) is 0 Å². The first-order valence-electron chi connectivity index (χ1n) is 6.28. The Morgan fingerprint density at radius 1 is 1.47 bits per heavy atom. The van der Waals surface area contributed by atoms with Gasteiger partial charge in [0.1, 0.15) is 0 Å². The Balaban J connectivity index is 2.35. The fourth-order valence-electron chi connectivity index (χ4n) is 2.08. The van der Waals surface area contributed by atoms with Gasteiger partial charge in [-0.05, 0) is 44.2 Å². The van der Waals surface area contributed by atoms with Gasteiger partial charge in [-0.3, -0.25) is 4.90 Å². The molecule has 0 bridgehead atoms. The molecule has 1 atom stereocenters. The van der Waals surface area contributed by atoms with Crippen LogP contribution in [0.25, 0.3) is 0 Å². The Kier molecular flexibility index (Phi) is 6.69. The van der Waals surface area contributed by atoms with E-state index in [1.807, 2.05) is 11.8 Å². The highest BCUT2D eigenvalue weighted by Crippen LogP contribution is 2.29. The molecule has 0 aromatic carbocycles. The van der Waals surface area contributed by atoms with Gasteiger partial charge in [0.05, 0.1) is 0 Å². The Morgan fingerprint density at radius 2 is 2.20 bits per heavy atom. The van der Waals surface area contributed by atoms with E-state index < -0.39 is 0 Å². The molecule has 0 aromatic rings. The zero-order valence-electron chi connectivity index (χ0n) is 10.2. The summed E-state index contributed by atoms with van der Waals surface area (Å²) in [6, 6.07) is 1.50. The molecule has 0 aromatic heterocycles. The second-order valence-electron chi connectivity index (χ2n) is 4.49. The molecule has 1 unspecified atom stereocenters. The number of hydrogen-bond acceptors (Lipinski definition) is 3. The molecule has 1 fully saturated rings. The molecule has 0 radical (unpaired) electrons.